The van der Waals surface area contributed by atoms with Crippen LogP contribution in [0, 0.1) is 0 Å². The van der Waals surface area contributed by atoms with E-state index in [2.05, 4.69) is 4.98 Å². The number of ether oxygens (including phenoxy) is 3. The highest BCUT2D eigenvalue weighted by Crippen LogP contribution is 2.42. The molecule has 1 aromatic carbocycles. The highest BCUT2D eigenvalue weighted by molar-refractivity contribution is 5.91. The van der Waals surface area contributed by atoms with Crippen molar-refractivity contribution in [2.45, 2.75) is 26.2 Å². The summed E-state index contributed by atoms with van der Waals surface area (Å²) < 4.78 is 16.4. The van der Waals surface area contributed by atoms with Crippen LogP contribution in [0.3, 0.4) is 0 Å². The second kappa shape index (κ2) is 5.33. The molecule has 0 fully saturated rings. The summed E-state index contributed by atoms with van der Waals surface area (Å²) in [5.41, 5.74) is 1.14. The normalized spacial score (nSPS) is 13.0. The van der Waals surface area contributed by atoms with Crippen LogP contribution in [-0.2, 0) is 5.41 Å². The van der Waals surface area contributed by atoms with Gasteiger partial charge in [-0.1, -0.05) is 20.8 Å². The van der Waals surface area contributed by atoms with Gasteiger partial charge in [0.25, 0.3) is 0 Å². The summed E-state index contributed by atoms with van der Waals surface area (Å²) in [5, 5.41) is 0. The summed E-state index contributed by atoms with van der Waals surface area (Å²) >= 11 is 0. The van der Waals surface area contributed by atoms with Gasteiger partial charge in [0.15, 0.2) is 11.5 Å². The zero-order chi connectivity index (χ0) is 15.7. The van der Waals surface area contributed by atoms with Crippen LogP contribution >= 0.6 is 0 Å². The molecule has 0 bridgehead atoms. The van der Waals surface area contributed by atoms with Crippen molar-refractivity contribution in [3.05, 3.63) is 47.8 Å². The topological polar surface area (TPSA) is 57.7 Å². The lowest BCUT2D eigenvalue weighted by atomic mass is 9.86. The van der Waals surface area contributed by atoms with Gasteiger partial charge in [-0.05, 0) is 23.6 Å². The van der Waals surface area contributed by atoms with Crippen molar-refractivity contribution in [1.29, 1.82) is 0 Å². The number of rotatable bonds is 2. The van der Waals surface area contributed by atoms with Gasteiger partial charge in [-0.2, -0.15) is 0 Å². The van der Waals surface area contributed by atoms with Gasteiger partial charge in [0.2, 0.25) is 6.79 Å². The predicted molar refractivity (Wildman–Crippen MR) is 80.5 cm³/mol. The average Bonchev–Trinajstić information content (AvgIpc) is 2.93. The zero-order valence-corrected chi connectivity index (χ0v) is 12.8. The third-order valence-corrected chi connectivity index (χ3v) is 3.40. The predicted octanol–water partition coefficient (Wildman–Crippen LogP) is 3.33. The summed E-state index contributed by atoms with van der Waals surface area (Å²) in [5.74, 6) is 1.32. The van der Waals surface area contributed by atoms with Crippen LogP contribution in [0.5, 0.6) is 17.2 Å². The van der Waals surface area contributed by atoms with Gasteiger partial charge in [0.1, 0.15) is 5.75 Å². The third kappa shape index (κ3) is 2.74. The van der Waals surface area contributed by atoms with Crippen LogP contribution in [0.25, 0.3) is 0 Å². The molecular weight excluding hydrogens is 282 g/mol. The molecule has 1 aliphatic rings. The molecule has 0 amide bonds. The number of esters is 1. The zero-order valence-electron chi connectivity index (χ0n) is 12.8. The van der Waals surface area contributed by atoms with Gasteiger partial charge < -0.3 is 14.2 Å². The van der Waals surface area contributed by atoms with E-state index in [1.165, 1.54) is 0 Å². The Kier molecular flexibility index (Phi) is 3.48. The lowest BCUT2D eigenvalue weighted by molar-refractivity contribution is 0.0731. The molecule has 2 aromatic rings. The van der Waals surface area contributed by atoms with E-state index in [0.717, 1.165) is 5.56 Å². The number of benzene rings is 1. The Labute approximate surface area is 128 Å². The lowest BCUT2D eigenvalue weighted by Crippen LogP contribution is -2.16. The molecular formula is C17H17NO4. The molecule has 1 aliphatic heterocycles. The molecule has 1 aromatic heterocycles. The van der Waals surface area contributed by atoms with Crippen molar-refractivity contribution in [1.82, 2.24) is 4.98 Å². The molecule has 114 valence electrons. The van der Waals surface area contributed by atoms with E-state index in [0.29, 0.717) is 22.8 Å². The maximum absolute atomic E-state index is 12.3. The second-order valence-corrected chi connectivity index (χ2v) is 6.08. The van der Waals surface area contributed by atoms with E-state index in [9.17, 15) is 4.79 Å². The smallest absolute Gasteiger partial charge is 0.343 e. The van der Waals surface area contributed by atoms with E-state index in [-0.39, 0.29) is 12.2 Å². The molecule has 0 atom stereocenters. The standard InChI is InChI=1S/C17H17NO4/c1-17(2,3)12-8-14-15(21-10-20-14)9-13(12)22-16(19)11-4-6-18-7-5-11/h4-9H,10H2,1-3H3. The first kappa shape index (κ1) is 14.4. The number of nitrogens with zero attached hydrogens (tertiary/aromatic N) is 1. The maximum atomic E-state index is 12.3. The summed E-state index contributed by atoms with van der Waals surface area (Å²) in [6.45, 7) is 6.33. The Morgan fingerprint density at radius 2 is 1.77 bits per heavy atom. The quantitative estimate of drug-likeness (QED) is 0.629. The van der Waals surface area contributed by atoms with Gasteiger partial charge in [-0.3, -0.25) is 4.98 Å². The number of carbonyl (C=O) groups excluding carboxylic acids is 1. The number of aromatic nitrogens is 1. The average molecular weight is 299 g/mol. The largest absolute Gasteiger partial charge is 0.454 e. The molecule has 0 N–H and O–H groups in total. The Balaban J connectivity index is 1.97. The fourth-order valence-electron chi connectivity index (χ4n) is 2.24. The first-order valence-electron chi connectivity index (χ1n) is 7.01. The number of hydrogen-bond donors (Lipinski definition) is 0. The van der Waals surface area contributed by atoms with Crippen LogP contribution in [0.15, 0.2) is 36.7 Å². The fourth-order valence-corrected chi connectivity index (χ4v) is 2.24. The molecule has 0 saturated heterocycles. The minimum absolute atomic E-state index is 0.181. The Morgan fingerprint density at radius 3 is 2.41 bits per heavy atom. The molecule has 0 radical (unpaired) electrons. The van der Waals surface area contributed by atoms with E-state index in [1.54, 1.807) is 30.6 Å². The molecule has 5 nitrogen and oxygen atoms in total. The van der Waals surface area contributed by atoms with Crippen molar-refractivity contribution in [3.63, 3.8) is 0 Å². The summed E-state index contributed by atoms with van der Waals surface area (Å²) in [6, 6.07) is 6.82. The van der Waals surface area contributed by atoms with E-state index >= 15 is 0 Å². The van der Waals surface area contributed by atoms with Crippen molar-refractivity contribution in [3.8, 4) is 17.2 Å². The van der Waals surface area contributed by atoms with E-state index in [1.807, 2.05) is 26.8 Å². The molecule has 0 unspecified atom stereocenters. The van der Waals surface area contributed by atoms with Gasteiger partial charge in [0, 0.05) is 24.0 Å². The Morgan fingerprint density at radius 1 is 1.14 bits per heavy atom. The van der Waals surface area contributed by atoms with E-state index < -0.39 is 5.97 Å². The van der Waals surface area contributed by atoms with Crippen LogP contribution < -0.4 is 14.2 Å². The van der Waals surface area contributed by atoms with E-state index in [4.69, 9.17) is 14.2 Å². The van der Waals surface area contributed by atoms with Crippen molar-refractivity contribution >= 4 is 5.97 Å². The summed E-state index contributed by atoms with van der Waals surface area (Å²) in [6.07, 6.45) is 3.11. The molecule has 2 heterocycles. The van der Waals surface area contributed by atoms with Crippen molar-refractivity contribution in [2.24, 2.45) is 0 Å². The maximum Gasteiger partial charge on any atom is 0.343 e. The monoisotopic (exact) mass is 299 g/mol. The fraction of sp³-hybridized carbons (Fsp3) is 0.294. The highest BCUT2D eigenvalue weighted by Gasteiger charge is 2.26. The number of hydrogen-bond acceptors (Lipinski definition) is 5. The lowest BCUT2D eigenvalue weighted by Gasteiger charge is -2.22. The van der Waals surface area contributed by atoms with Crippen LogP contribution in [-0.4, -0.2) is 17.7 Å². The Bertz CT molecular complexity index is 705. The molecule has 0 spiro atoms. The molecule has 22 heavy (non-hydrogen) atoms. The number of fused-ring (bicyclic) bond motifs is 1. The SMILES string of the molecule is CC(C)(C)c1cc2c(cc1OC(=O)c1ccncc1)OCO2. The van der Waals surface area contributed by atoms with Crippen LogP contribution in [0.2, 0.25) is 0 Å². The van der Waals surface area contributed by atoms with Gasteiger partial charge in [-0.15, -0.1) is 0 Å². The van der Waals surface area contributed by atoms with Gasteiger partial charge >= 0.3 is 5.97 Å². The third-order valence-electron chi connectivity index (χ3n) is 3.40. The van der Waals surface area contributed by atoms with Crippen LogP contribution in [0.1, 0.15) is 36.7 Å². The number of carbonyl (C=O) groups is 1. The minimum Gasteiger partial charge on any atom is -0.454 e. The highest BCUT2D eigenvalue weighted by atomic mass is 16.7. The van der Waals surface area contributed by atoms with Gasteiger partial charge in [0.05, 0.1) is 5.56 Å². The molecule has 0 aliphatic carbocycles. The van der Waals surface area contributed by atoms with Crippen molar-refractivity contribution < 1.29 is 19.0 Å². The molecule has 5 heteroatoms. The first-order valence-corrected chi connectivity index (χ1v) is 7.01. The van der Waals surface area contributed by atoms with Gasteiger partial charge in [-0.25, -0.2) is 4.79 Å². The van der Waals surface area contributed by atoms with Crippen molar-refractivity contribution in [2.75, 3.05) is 6.79 Å². The minimum atomic E-state index is -0.424. The number of pyridine rings is 1. The Hall–Kier alpha value is -2.56. The molecule has 0 saturated carbocycles. The summed E-state index contributed by atoms with van der Waals surface area (Å²) in [7, 11) is 0. The first-order chi connectivity index (χ1) is 10.4. The molecule has 3 rings (SSSR count). The summed E-state index contributed by atoms with van der Waals surface area (Å²) in [4.78, 5) is 16.2. The second-order valence-electron chi connectivity index (χ2n) is 6.08. The van der Waals surface area contributed by atoms with Crippen LogP contribution in [0.4, 0.5) is 0 Å².